The number of hydrogen-bond donors (Lipinski definition) is 2. The number of anilines is 1. The number of thiophene rings is 1. The predicted molar refractivity (Wildman–Crippen MR) is 72.9 cm³/mol. The lowest BCUT2D eigenvalue weighted by Gasteiger charge is -1.95. The minimum Gasteiger partial charge on any atom is -0.320 e. The van der Waals surface area contributed by atoms with Gasteiger partial charge in [0.15, 0.2) is 0 Å². The van der Waals surface area contributed by atoms with Gasteiger partial charge in [-0.2, -0.15) is 0 Å². The van der Waals surface area contributed by atoms with E-state index in [1.54, 1.807) is 5.51 Å². The number of carbonyl (C=O) groups is 1. The van der Waals surface area contributed by atoms with Crippen molar-refractivity contribution in [1.29, 1.82) is 0 Å². The minimum atomic E-state index is -0.194. The van der Waals surface area contributed by atoms with Gasteiger partial charge >= 0.3 is 0 Å². The summed E-state index contributed by atoms with van der Waals surface area (Å²) < 4.78 is 0. The van der Waals surface area contributed by atoms with Gasteiger partial charge in [0.1, 0.15) is 5.51 Å². The maximum Gasteiger partial charge on any atom is 0.267 e. The van der Waals surface area contributed by atoms with E-state index in [1.807, 2.05) is 13.0 Å². The van der Waals surface area contributed by atoms with Crippen molar-refractivity contribution in [2.75, 3.05) is 11.9 Å². The second-order valence-corrected chi connectivity index (χ2v) is 5.21. The number of nitrogens with one attached hydrogen (secondary N) is 1. The summed E-state index contributed by atoms with van der Waals surface area (Å²) in [6.45, 7) is 2.22. The van der Waals surface area contributed by atoms with E-state index in [1.165, 1.54) is 22.7 Å². The highest BCUT2D eigenvalue weighted by molar-refractivity contribution is 7.15. The van der Waals surface area contributed by atoms with Crippen molar-refractivity contribution in [3.05, 3.63) is 26.9 Å². The highest BCUT2D eigenvalue weighted by atomic mass is 32.1. The standard InChI is InChI=1S/C11H10N4OS2/c1-7-5-9(18-8(7)3-2-4-12)10(16)14-11-15-13-6-17-11/h5-6H,4,12H2,1H3,(H,14,15,16). The Kier molecular flexibility index (Phi) is 4.04. The number of rotatable bonds is 2. The SMILES string of the molecule is Cc1cc(C(=O)Nc2nncs2)sc1C#CCN. The van der Waals surface area contributed by atoms with Crippen molar-refractivity contribution in [2.24, 2.45) is 5.73 Å². The molecule has 2 aromatic heterocycles. The van der Waals surface area contributed by atoms with Crippen molar-refractivity contribution in [3.63, 3.8) is 0 Å². The van der Waals surface area contributed by atoms with E-state index in [0.717, 1.165) is 10.4 Å². The van der Waals surface area contributed by atoms with Crippen molar-refractivity contribution >= 4 is 33.7 Å². The summed E-state index contributed by atoms with van der Waals surface area (Å²) >= 11 is 2.62. The summed E-state index contributed by atoms with van der Waals surface area (Å²) in [6, 6.07) is 1.81. The fraction of sp³-hybridized carbons (Fsp3) is 0.182. The first kappa shape index (κ1) is 12.7. The molecule has 1 amide bonds. The summed E-state index contributed by atoms with van der Waals surface area (Å²) in [5.41, 5.74) is 7.86. The van der Waals surface area contributed by atoms with Crippen LogP contribution in [0.3, 0.4) is 0 Å². The Morgan fingerprint density at radius 1 is 1.61 bits per heavy atom. The lowest BCUT2D eigenvalue weighted by molar-refractivity contribution is 0.103. The van der Waals surface area contributed by atoms with Crippen LogP contribution in [0, 0.1) is 18.8 Å². The number of nitrogens with two attached hydrogens (primary N) is 1. The molecule has 2 rings (SSSR count). The van der Waals surface area contributed by atoms with Gasteiger partial charge in [0.25, 0.3) is 5.91 Å². The molecular formula is C11H10N4OS2. The van der Waals surface area contributed by atoms with Crippen molar-refractivity contribution in [2.45, 2.75) is 6.92 Å². The molecule has 0 aliphatic heterocycles. The molecule has 0 spiro atoms. The van der Waals surface area contributed by atoms with Gasteiger partial charge in [-0.05, 0) is 18.6 Å². The maximum atomic E-state index is 11.9. The predicted octanol–water partition coefficient (Wildman–Crippen LogP) is 1.47. The third-order valence-electron chi connectivity index (χ3n) is 2.03. The van der Waals surface area contributed by atoms with Crippen molar-refractivity contribution < 1.29 is 4.79 Å². The van der Waals surface area contributed by atoms with Crippen LogP contribution in [-0.2, 0) is 0 Å². The molecule has 0 aliphatic rings. The number of aromatic nitrogens is 2. The summed E-state index contributed by atoms with van der Waals surface area (Å²) in [6.07, 6.45) is 0. The van der Waals surface area contributed by atoms with Gasteiger partial charge in [-0.3, -0.25) is 10.1 Å². The fourth-order valence-corrected chi connectivity index (χ4v) is 2.62. The van der Waals surface area contributed by atoms with Crippen LogP contribution >= 0.6 is 22.7 Å². The van der Waals surface area contributed by atoms with E-state index in [4.69, 9.17) is 5.73 Å². The first-order chi connectivity index (χ1) is 8.70. The van der Waals surface area contributed by atoms with Gasteiger partial charge in [0.05, 0.1) is 16.3 Å². The molecule has 7 heteroatoms. The third-order valence-corrected chi connectivity index (χ3v) is 3.78. The second-order valence-electron chi connectivity index (χ2n) is 3.33. The van der Waals surface area contributed by atoms with Crippen LogP contribution in [0.2, 0.25) is 0 Å². The van der Waals surface area contributed by atoms with E-state index in [2.05, 4.69) is 27.4 Å². The van der Waals surface area contributed by atoms with Crippen LogP contribution in [0.1, 0.15) is 20.1 Å². The fourth-order valence-electron chi connectivity index (χ4n) is 1.24. The van der Waals surface area contributed by atoms with Gasteiger partial charge in [-0.15, -0.1) is 21.5 Å². The molecule has 0 bridgehead atoms. The number of aryl methyl sites for hydroxylation is 1. The lowest BCUT2D eigenvalue weighted by Crippen LogP contribution is -2.09. The van der Waals surface area contributed by atoms with Crippen LogP contribution in [0.25, 0.3) is 0 Å². The molecule has 0 fully saturated rings. The molecule has 18 heavy (non-hydrogen) atoms. The smallest absolute Gasteiger partial charge is 0.267 e. The first-order valence-corrected chi connectivity index (χ1v) is 6.77. The van der Waals surface area contributed by atoms with Gasteiger partial charge in [0.2, 0.25) is 5.13 Å². The second kappa shape index (κ2) is 5.73. The van der Waals surface area contributed by atoms with Crippen molar-refractivity contribution in [1.82, 2.24) is 10.2 Å². The highest BCUT2D eigenvalue weighted by Gasteiger charge is 2.12. The molecule has 5 nitrogen and oxygen atoms in total. The van der Waals surface area contributed by atoms with Gasteiger partial charge in [-0.25, -0.2) is 0 Å². The topological polar surface area (TPSA) is 80.9 Å². The number of hydrogen-bond acceptors (Lipinski definition) is 6. The molecule has 3 N–H and O–H groups in total. The summed E-state index contributed by atoms with van der Waals surface area (Å²) in [5.74, 6) is 5.53. The molecule has 0 saturated carbocycles. The Morgan fingerprint density at radius 2 is 2.44 bits per heavy atom. The van der Waals surface area contributed by atoms with Crippen LogP contribution in [0.15, 0.2) is 11.6 Å². The molecule has 92 valence electrons. The van der Waals surface area contributed by atoms with Crippen molar-refractivity contribution in [3.8, 4) is 11.8 Å². The first-order valence-electron chi connectivity index (χ1n) is 5.07. The van der Waals surface area contributed by atoms with Gasteiger partial charge < -0.3 is 5.73 Å². The molecule has 0 radical (unpaired) electrons. The zero-order valence-electron chi connectivity index (χ0n) is 9.56. The van der Waals surface area contributed by atoms with E-state index in [0.29, 0.717) is 16.6 Å². The summed E-state index contributed by atoms with van der Waals surface area (Å²) in [7, 11) is 0. The summed E-state index contributed by atoms with van der Waals surface area (Å²) in [5, 5.41) is 10.6. The van der Waals surface area contributed by atoms with Crippen LogP contribution in [0.5, 0.6) is 0 Å². The number of nitrogens with zero attached hydrogens (tertiary/aromatic N) is 2. The molecule has 0 atom stereocenters. The number of amides is 1. The Bertz CT molecular complexity index is 607. The van der Waals surface area contributed by atoms with Crippen LogP contribution in [-0.4, -0.2) is 22.6 Å². The average molecular weight is 278 g/mol. The molecule has 0 saturated heterocycles. The number of carbonyl (C=O) groups excluding carboxylic acids is 1. The molecule has 2 aromatic rings. The molecule has 2 heterocycles. The quantitative estimate of drug-likeness (QED) is 0.815. The normalized spacial score (nSPS) is 9.67. The van der Waals surface area contributed by atoms with E-state index in [9.17, 15) is 4.79 Å². The Balaban J connectivity index is 2.16. The molecule has 0 unspecified atom stereocenters. The lowest BCUT2D eigenvalue weighted by atomic mass is 10.2. The Hall–Kier alpha value is -1.75. The monoisotopic (exact) mass is 278 g/mol. The molecule has 0 aromatic carbocycles. The summed E-state index contributed by atoms with van der Waals surface area (Å²) in [4.78, 5) is 13.4. The van der Waals surface area contributed by atoms with Crippen LogP contribution < -0.4 is 11.1 Å². The average Bonchev–Trinajstić information content (AvgIpc) is 2.96. The van der Waals surface area contributed by atoms with Gasteiger partial charge in [-0.1, -0.05) is 23.2 Å². The minimum absolute atomic E-state index is 0.194. The maximum absolute atomic E-state index is 11.9. The zero-order chi connectivity index (χ0) is 13.0. The van der Waals surface area contributed by atoms with E-state index >= 15 is 0 Å². The van der Waals surface area contributed by atoms with Gasteiger partial charge in [0, 0.05) is 0 Å². The van der Waals surface area contributed by atoms with Crippen LogP contribution in [0.4, 0.5) is 5.13 Å². The Labute approximate surface area is 112 Å². The largest absolute Gasteiger partial charge is 0.320 e. The highest BCUT2D eigenvalue weighted by Crippen LogP contribution is 2.22. The zero-order valence-corrected chi connectivity index (χ0v) is 11.2. The third kappa shape index (κ3) is 2.92. The van der Waals surface area contributed by atoms with E-state index in [-0.39, 0.29) is 5.91 Å². The molecule has 0 aliphatic carbocycles. The molecular weight excluding hydrogens is 268 g/mol. The Morgan fingerprint density at radius 3 is 3.11 bits per heavy atom. The van der Waals surface area contributed by atoms with E-state index < -0.39 is 0 Å².